The molecule has 0 aromatic heterocycles. The van der Waals surface area contributed by atoms with E-state index in [9.17, 15) is 14.3 Å². The molecule has 0 atom stereocenters. The molecule has 0 unspecified atom stereocenters. The topological polar surface area (TPSA) is 61.7 Å². The summed E-state index contributed by atoms with van der Waals surface area (Å²) in [6.45, 7) is 0. The first kappa shape index (κ1) is 18.8. The van der Waals surface area contributed by atoms with Gasteiger partial charge in [-0.05, 0) is 23.3 Å². The summed E-state index contributed by atoms with van der Waals surface area (Å²) >= 11 is 5.93. The van der Waals surface area contributed by atoms with Crippen molar-refractivity contribution in [3.63, 3.8) is 0 Å². The summed E-state index contributed by atoms with van der Waals surface area (Å²) in [5.74, 6) is -1.34. The smallest absolute Gasteiger partial charge is 0.281 e. The number of carbonyl (C=O) groups excluding carboxylic acids is 1. The second kappa shape index (κ2) is 8.12. The summed E-state index contributed by atoms with van der Waals surface area (Å²) in [7, 11) is 0. The van der Waals surface area contributed by atoms with E-state index < -0.39 is 17.3 Å². The zero-order valence-electron chi connectivity index (χ0n) is 14.1. The Balaban J connectivity index is 1.92. The Morgan fingerprint density at radius 3 is 2.04 bits per heavy atom. The Morgan fingerprint density at radius 1 is 0.963 bits per heavy atom. The van der Waals surface area contributed by atoms with Crippen molar-refractivity contribution in [1.82, 2.24) is 5.43 Å². The molecule has 0 saturated carbocycles. The molecule has 3 aromatic carbocycles. The van der Waals surface area contributed by atoms with Crippen molar-refractivity contribution in [2.75, 3.05) is 0 Å². The molecule has 136 valence electrons. The lowest BCUT2D eigenvalue weighted by Gasteiger charge is -2.27. The molecule has 0 fully saturated rings. The average molecular weight is 383 g/mol. The van der Waals surface area contributed by atoms with Gasteiger partial charge in [0.1, 0.15) is 5.82 Å². The molecule has 2 N–H and O–H groups in total. The van der Waals surface area contributed by atoms with Crippen LogP contribution in [-0.2, 0) is 10.4 Å². The van der Waals surface area contributed by atoms with Gasteiger partial charge in [-0.25, -0.2) is 9.82 Å². The maximum atomic E-state index is 13.8. The van der Waals surface area contributed by atoms with Crippen LogP contribution in [0.5, 0.6) is 0 Å². The van der Waals surface area contributed by atoms with Crippen molar-refractivity contribution < 1.29 is 14.3 Å². The lowest BCUT2D eigenvalue weighted by molar-refractivity contribution is -0.136. The molecule has 3 aromatic rings. The van der Waals surface area contributed by atoms with Crippen LogP contribution in [0, 0.1) is 5.82 Å². The van der Waals surface area contributed by atoms with Gasteiger partial charge in [-0.3, -0.25) is 4.79 Å². The molecule has 0 saturated heterocycles. The highest BCUT2D eigenvalue weighted by atomic mass is 35.5. The summed E-state index contributed by atoms with van der Waals surface area (Å²) in [6, 6.07) is 21.2. The second-order valence-electron chi connectivity index (χ2n) is 5.78. The molecule has 0 aliphatic rings. The van der Waals surface area contributed by atoms with Gasteiger partial charge in [0.05, 0.1) is 11.2 Å². The number of hydrazone groups is 1. The average Bonchev–Trinajstić information content (AvgIpc) is 2.70. The highest BCUT2D eigenvalue weighted by Crippen LogP contribution is 2.29. The van der Waals surface area contributed by atoms with Gasteiger partial charge in [0.15, 0.2) is 5.60 Å². The van der Waals surface area contributed by atoms with Crippen LogP contribution in [0.15, 0.2) is 84.0 Å². The molecular formula is C21H16ClFN2O2. The molecule has 0 heterocycles. The monoisotopic (exact) mass is 382 g/mol. The predicted molar refractivity (Wildman–Crippen MR) is 103 cm³/mol. The van der Waals surface area contributed by atoms with E-state index in [0.29, 0.717) is 11.1 Å². The minimum Gasteiger partial charge on any atom is -0.372 e. The number of benzene rings is 3. The Morgan fingerprint density at radius 2 is 1.52 bits per heavy atom. The zero-order chi connectivity index (χ0) is 19.3. The molecule has 27 heavy (non-hydrogen) atoms. The lowest BCUT2D eigenvalue weighted by atomic mass is 9.85. The summed E-state index contributed by atoms with van der Waals surface area (Å²) in [6.07, 6.45) is 1.10. The molecule has 6 heteroatoms. The number of nitrogens with one attached hydrogen (secondary N) is 1. The molecule has 0 bridgehead atoms. The number of halogens is 2. The van der Waals surface area contributed by atoms with Gasteiger partial charge in [-0.2, -0.15) is 5.10 Å². The Kier molecular flexibility index (Phi) is 5.64. The minimum absolute atomic E-state index is 0.0439. The van der Waals surface area contributed by atoms with E-state index >= 15 is 0 Å². The first-order valence-electron chi connectivity index (χ1n) is 8.14. The van der Waals surface area contributed by atoms with E-state index in [0.717, 1.165) is 6.21 Å². The maximum absolute atomic E-state index is 13.8. The van der Waals surface area contributed by atoms with Crippen LogP contribution >= 0.6 is 11.6 Å². The van der Waals surface area contributed by atoms with Crippen molar-refractivity contribution in [1.29, 1.82) is 0 Å². The van der Waals surface area contributed by atoms with Crippen LogP contribution in [-0.4, -0.2) is 17.2 Å². The van der Waals surface area contributed by atoms with Crippen LogP contribution in [0.4, 0.5) is 4.39 Å². The second-order valence-corrected chi connectivity index (χ2v) is 6.18. The first-order valence-corrected chi connectivity index (χ1v) is 8.52. The Labute approximate surface area is 160 Å². The third-order valence-electron chi connectivity index (χ3n) is 4.07. The predicted octanol–water partition coefficient (Wildman–Crippen LogP) is 3.87. The Bertz CT molecular complexity index is 903. The summed E-state index contributed by atoms with van der Waals surface area (Å²) in [4.78, 5) is 12.8. The maximum Gasteiger partial charge on any atom is 0.281 e. The lowest BCUT2D eigenvalue weighted by Crippen LogP contribution is -2.43. The van der Waals surface area contributed by atoms with Crippen LogP contribution in [0.2, 0.25) is 5.02 Å². The van der Waals surface area contributed by atoms with Gasteiger partial charge < -0.3 is 5.11 Å². The van der Waals surface area contributed by atoms with Crippen molar-refractivity contribution in [2.24, 2.45) is 5.10 Å². The summed E-state index contributed by atoms with van der Waals surface area (Å²) in [5, 5.41) is 15.2. The quantitative estimate of drug-likeness (QED) is 0.520. The van der Waals surface area contributed by atoms with Crippen LogP contribution < -0.4 is 5.43 Å². The first-order chi connectivity index (χ1) is 13.0. The number of hydrogen-bond donors (Lipinski definition) is 2. The Hall–Kier alpha value is -3.02. The number of aliphatic hydroxyl groups is 1. The van der Waals surface area contributed by atoms with E-state index in [-0.39, 0.29) is 10.6 Å². The molecular weight excluding hydrogens is 367 g/mol. The highest BCUT2D eigenvalue weighted by Gasteiger charge is 2.39. The van der Waals surface area contributed by atoms with Crippen molar-refractivity contribution in [3.8, 4) is 0 Å². The van der Waals surface area contributed by atoms with E-state index in [1.807, 2.05) is 0 Å². The third kappa shape index (κ3) is 3.89. The third-order valence-corrected chi connectivity index (χ3v) is 4.40. The minimum atomic E-state index is -1.96. The molecule has 3 rings (SSSR count). The fraction of sp³-hybridized carbons (Fsp3) is 0.0476. The van der Waals surface area contributed by atoms with Gasteiger partial charge in [-0.1, -0.05) is 78.3 Å². The molecule has 0 aliphatic heterocycles. The van der Waals surface area contributed by atoms with E-state index in [1.165, 1.54) is 18.2 Å². The van der Waals surface area contributed by atoms with Crippen LogP contribution in [0.25, 0.3) is 0 Å². The fourth-order valence-electron chi connectivity index (χ4n) is 2.66. The SMILES string of the molecule is O=C(NN=Cc1c(F)cccc1Cl)C(O)(c1ccccc1)c1ccccc1. The zero-order valence-corrected chi connectivity index (χ0v) is 14.9. The van der Waals surface area contributed by atoms with Gasteiger partial charge in [0, 0.05) is 5.56 Å². The number of nitrogens with zero attached hydrogens (tertiary/aromatic N) is 1. The van der Waals surface area contributed by atoms with Gasteiger partial charge in [-0.15, -0.1) is 0 Å². The molecule has 4 nitrogen and oxygen atoms in total. The van der Waals surface area contributed by atoms with Crippen LogP contribution in [0.3, 0.4) is 0 Å². The van der Waals surface area contributed by atoms with E-state index in [4.69, 9.17) is 11.6 Å². The summed E-state index contributed by atoms with van der Waals surface area (Å²) in [5.41, 5.74) is 1.13. The van der Waals surface area contributed by atoms with Crippen molar-refractivity contribution >= 4 is 23.7 Å². The van der Waals surface area contributed by atoms with Crippen molar-refractivity contribution in [2.45, 2.75) is 5.60 Å². The van der Waals surface area contributed by atoms with Gasteiger partial charge in [0.2, 0.25) is 0 Å². The fourth-order valence-corrected chi connectivity index (χ4v) is 2.87. The van der Waals surface area contributed by atoms with Crippen LogP contribution in [0.1, 0.15) is 16.7 Å². The molecule has 0 aliphatic carbocycles. The van der Waals surface area contributed by atoms with Gasteiger partial charge >= 0.3 is 0 Å². The highest BCUT2D eigenvalue weighted by molar-refractivity contribution is 6.33. The molecule has 1 amide bonds. The number of hydrogen-bond acceptors (Lipinski definition) is 3. The molecule has 0 radical (unpaired) electrons. The summed E-state index contributed by atoms with van der Waals surface area (Å²) < 4.78 is 13.8. The molecule has 0 spiro atoms. The normalized spacial score (nSPS) is 11.5. The standard InChI is InChI=1S/C21H16ClFN2O2/c22-18-12-7-13-19(23)17(18)14-24-25-20(26)21(27,15-8-3-1-4-9-15)16-10-5-2-6-11-16/h1-14,27H,(H,25,26). The number of carbonyl (C=O) groups is 1. The van der Waals surface area contributed by atoms with Crippen molar-refractivity contribution in [3.05, 3.63) is 106 Å². The number of rotatable bonds is 5. The number of amides is 1. The van der Waals surface area contributed by atoms with Gasteiger partial charge in [0.25, 0.3) is 5.91 Å². The van der Waals surface area contributed by atoms with E-state index in [2.05, 4.69) is 10.5 Å². The van der Waals surface area contributed by atoms with E-state index in [1.54, 1.807) is 60.7 Å². The largest absolute Gasteiger partial charge is 0.372 e.